The summed E-state index contributed by atoms with van der Waals surface area (Å²) in [5.74, 6) is 0.858. The minimum Gasteiger partial charge on any atom is -0.366 e. The van der Waals surface area contributed by atoms with Crippen molar-refractivity contribution in [3.05, 3.63) is 42.7 Å². The molecule has 0 bridgehead atoms. The van der Waals surface area contributed by atoms with Crippen LogP contribution in [0, 0.1) is 0 Å². The molecule has 0 spiro atoms. The first-order valence-corrected chi connectivity index (χ1v) is 7.77. The Morgan fingerprint density at radius 3 is 2.73 bits per heavy atom. The van der Waals surface area contributed by atoms with Gasteiger partial charge in [-0.3, -0.25) is 0 Å². The number of rotatable bonds is 3. The minimum absolute atomic E-state index is 0.479. The molecule has 3 N–H and O–H groups in total. The molecular weight excluding hydrogens is 274 g/mol. The summed E-state index contributed by atoms with van der Waals surface area (Å²) in [6.45, 7) is 2.12. The van der Waals surface area contributed by atoms with Crippen LogP contribution in [0.3, 0.4) is 0 Å². The number of nitrogens with one attached hydrogen (secondary N) is 3. The largest absolute Gasteiger partial charge is 0.366 e. The topological polar surface area (TPSA) is 65.6 Å². The monoisotopic (exact) mass is 293 g/mol. The number of hydrogen-bond donors (Lipinski definition) is 3. The summed E-state index contributed by atoms with van der Waals surface area (Å²) in [6, 6.07) is 10.8. The van der Waals surface area contributed by atoms with E-state index in [-0.39, 0.29) is 0 Å². The van der Waals surface area contributed by atoms with Crippen molar-refractivity contribution in [3.63, 3.8) is 0 Å². The Hall–Kier alpha value is -2.40. The standard InChI is InChI=1S/C17H19N5/c1-2-4-12(5-3-1)14-10-19-17-16(14)22-15(11-20-17)21-13-6-8-18-9-7-13/h1-5,10-11,13,18H,6-9H2,(H,19,20)(H,21,22). The molecule has 1 saturated heterocycles. The summed E-state index contributed by atoms with van der Waals surface area (Å²) >= 11 is 0. The predicted octanol–water partition coefficient (Wildman–Crippen LogP) is 2.79. The summed E-state index contributed by atoms with van der Waals surface area (Å²) in [5.41, 5.74) is 4.00. The summed E-state index contributed by atoms with van der Waals surface area (Å²) in [5, 5.41) is 6.89. The van der Waals surface area contributed by atoms with E-state index in [4.69, 9.17) is 4.98 Å². The smallest absolute Gasteiger partial charge is 0.156 e. The highest BCUT2D eigenvalue weighted by molar-refractivity contribution is 5.90. The highest BCUT2D eigenvalue weighted by Crippen LogP contribution is 2.27. The van der Waals surface area contributed by atoms with E-state index in [0.717, 1.165) is 54.0 Å². The number of nitrogens with zero attached hydrogens (tertiary/aromatic N) is 2. The van der Waals surface area contributed by atoms with Gasteiger partial charge in [-0.15, -0.1) is 0 Å². The number of aromatic amines is 1. The van der Waals surface area contributed by atoms with Crippen molar-refractivity contribution in [2.75, 3.05) is 18.4 Å². The molecule has 0 aliphatic carbocycles. The van der Waals surface area contributed by atoms with Crippen LogP contribution in [-0.4, -0.2) is 34.1 Å². The Morgan fingerprint density at radius 1 is 1.09 bits per heavy atom. The Bertz CT molecular complexity index is 759. The van der Waals surface area contributed by atoms with Crippen LogP contribution in [0.5, 0.6) is 0 Å². The number of anilines is 1. The average molecular weight is 293 g/mol. The number of aromatic nitrogens is 3. The molecule has 112 valence electrons. The van der Waals surface area contributed by atoms with Crippen molar-refractivity contribution in [1.82, 2.24) is 20.3 Å². The van der Waals surface area contributed by atoms with Gasteiger partial charge in [-0.2, -0.15) is 0 Å². The zero-order chi connectivity index (χ0) is 14.8. The van der Waals surface area contributed by atoms with Gasteiger partial charge < -0.3 is 15.6 Å². The molecule has 0 saturated carbocycles. The van der Waals surface area contributed by atoms with Gasteiger partial charge in [-0.05, 0) is 31.5 Å². The van der Waals surface area contributed by atoms with E-state index in [2.05, 4.69) is 32.7 Å². The van der Waals surface area contributed by atoms with Gasteiger partial charge in [0.2, 0.25) is 0 Å². The first kappa shape index (κ1) is 13.3. The molecule has 0 radical (unpaired) electrons. The Morgan fingerprint density at radius 2 is 1.91 bits per heavy atom. The average Bonchev–Trinajstić information content (AvgIpc) is 3.00. The second-order valence-electron chi connectivity index (χ2n) is 5.69. The SMILES string of the molecule is c1ccc(-c2c[nH]c3ncc(NC4CCNCC4)nc23)cc1. The number of benzene rings is 1. The molecule has 3 heterocycles. The minimum atomic E-state index is 0.479. The van der Waals surface area contributed by atoms with Gasteiger partial charge in [0.15, 0.2) is 5.65 Å². The fourth-order valence-corrected chi connectivity index (χ4v) is 2.97. The van der Waals surface area contributed by atoms with E-state index in [1.54, 1.807) is 0 Å². The van der Waals surface area contributed by atoms with Gasteiger partial charge in [-0.25, -0.2) is 9.97 Å². The van der Waals surface area contributed by atoms with Gasteiger partial charge in [0, 0.05) is 17.8 Å². The zero-order valence-electron chi connectivity index (χ0n) is 12.3. The quantitative estimate of drug-likeness (QED) is 0.695. The molecule has 1 aliphatic heterocycles. The van der Waals surface area contributed by atoms with E-state index in [9.17, 15) is 0 Å². The maximum Gasteiger partial charge on any atom is 0.156 e. The lowest BCUT2D eigenvalue weighted by Crippen LogP contribution is -2.35. The van der Waals surface area contributed by atoms with Crippen LogP contribution >= 0.6 is 0 Å². The maximum absolute atomic E-state index is 4.78. The van der Waals surface area contributed by atoms with E-state index in [0.29, 0.717) is 6.04 Å². The molecule has 3 aromatic rings. The van der Waals surface area contributed by atoms with E-state index >= 15 is 0 Å². The van der Waals surface area contributed by atoms with E-state index in [1.807, 2.05) is 30.6 Å². The second-order valence-corrected chi connectivity index (χ2v) is 5.69. The highest BCUT2D eigenvalue weighted by Gasteiger charge is 2.14. The lowest BCUT2D eigenvalue weighted by molar-refractivity contribution is 0.478. The molecule has 22 heavy (non-hydrogen) atoms. The summed E-state index contributed by atoms with van der Waals surface area (Å²) in [4.78, 5) is 12.5. The molecule has 1 aromatic carbocycles. The molecule has 5 nitrogen and oxygen atoms in total. The summed E-state index contributed by atoms with van der Waals surface area (Å²) in [7, 11) is 0. The van der Waals surface area contributed by atoms with Crippen LogP contribution in [0.4, 0.5) is 5.82 Å². The molecule has 1 fully saturated rings. The Kier molecular flexibility index (Phi) is 3.48. The summed E-state index contributed by atoms with van der Waals surface area (Å²) < 4.78 is 0. The fourth-order valence-electron chi connectivity index (χ4n) is 2.97. The van der Waals surface area contributed by atoms with Gasteiger partial charge in [0.25, 0.3) is 0 Å². The molecular formula is C17H19N5. The van der Waals surface area contributed by atoms with Crippen molar-refractivity contribution in [2.45, 2.75) is 18.9 Å². The molecule has 0 atom stereocenters. The highest BCUT2D eigenvalue weighted by atomic mass is 15.1. The Balaban J connectivity index is 1.67. The zero-order valence-corrected chi connectivity index (χ0v) is 12.3. The molecule has 2 aromatic heterocycles. The van der Waals surface area contributed by atoms with Crippen molar-refractivity contribution in [1.29, 1.82) is 0 Å². The fraction of sp³-hybridized carbons (Fsp3) is 0.294. The van der Waals surface area contributed by atoms with Gasteiger partial charge in [0.1, 0.15) is 11.3 Å². The van der Waals surface area contributed by atoms with Crippen molar-refractivity contribution < 1.29 is 0 Å². The van der Waals surface area contributed by atoms with Crippen LogP contribution in [-0.2, 0) is 0 Å². The first-order chi connectivity index (χ1) is 10.9. The number of fused-ring (bicyclic) bond motifs is 1. The van der Waals surface area contributed by atoms with Crippen molar-refractivity contribution >= 4 is 17.0 Å². The summed E-state index contributed by atoms with van der Waals surface area (Å²) in [6.07, 6.45) is 6.04. The van der Waals surface area contributed by atoms with E-state index < -0.39 is 0 Å². The lowest BCUT2D eigenvalue weighted by atomic mass is 10.1. The van der Waals surface area contributed by atoms with Crippen LogP contribution in [0.25, 0.3) is 22.3 Å². The third-order valence-electron chi connectivity index (χ3n) is 4.16. The van der Waals surface area contributed by atoms with E-state index in [1.165, 1.54) is 0 Å². The number of piperidine rings is 1. The molecule has 0 amide bonds. The van der Waals surface area contributed by atoms with Gasteiger partial charge >= 0.3 is 0 Å². The van der Waals surface area contributed by atoms with Crippen LogP contribution in [0.1, 0.15) is 12.8 Å². The molecule has 0 unspecified atom stereocenters. The van der Waals surface area contributed by atoms with Crippen LogP contribution in [0.2, 0.25) is 0 Å². The third-order valence-corrected chi connectivity index (χ3v) is 4.16. The van der Waals surface area contributed by atoms with Gasteiger partial charge in [0.05, 0.1) is 6.20 Å². The van der Waals surface area contributed by atoms with Crippen molar-refractivity contribution in [3.8, 4) is 11.1 Å². The number of hydrogen-bond acceptors (Lipinski definition) is 4. The number of H-pyrrole nitrogens is 1. The third kappa shape index (κ3) is 2.55. The lowest BCUT2D eigenvalue weighted by Gasteiger charge is -2.23. The molecule has 1 aliphatic rings. The normalized spacial score (nSPS) is 16.0. The van der Waals surface area contributed by atoms with Crippen molar-refractivity contribution in [2.24, 2.45) is 0 Å². The predicted molar refractivity (Wildman–Crippen MR) is 88.8 cm³/mol. The molecule has 5 heteroatoms. The van der Waals surface area contributed by atoms with Crippen LogP contribution in [0.15, 0.2) is 42.7 Å². The Labute approximate surface area is 129 Å². The van der Waals surface area contributed by atoms with Gasteiger partial charge in [-0.1, -0.05) is 30.3 Å². The molecule has 4 rings (SSSR count). The maximum atomic E-state index is 4.78. The van der Waals surface area contributed by atoms with Crippen LogP contribution < -0.4 is 10.6 Å². The first-order valence-electron chi connectivity index (χ1n) is 7.77. The second kappa shape index (κ2) is 5.77.